The maximum absolute atomic E-state index is 11.5. The fourth-order valence-corrected chi connectivity index (χ4v) is 3.08. The minimum atomic E-state index is -3.64. The topological polar surface area (TPSA) is 86.7 Å². The fourth-order valence-electron chi connectivity index (χ4n) is 0.865. The van der Waals surface area contributed by atoms with Crippen LogP contribution in [0.2, 0.25) is 0 Å². The monoisotopic (exact) mass is 250 g/mol. The number of hydrogen-bond acceptors (Lipinski definition) is 5. The molecule has 0 fully saturated rings. The van der Waals surface area contributed by atoms with Crippen molar-refractivity contribution in [1.82, 2.24) is 9.84 Å². The molecule has 0 aliphatic heterocycles. The van der Waals surface area contributed by atoms with Crippen molar-refractivity contribution < 1.29 is 18.3 Å². The standard InChI is InChI=1S/C7H10N2O4S2/c1-9(2)8-15(12,13)6-4-3-5(14-6)7(10)11/h3-4,8H,1-2H3,(H,10,11). The van der Waals surface area contributed by atoms with Crippen molar-refractivity contribution in [3.63, 3.8) is 0 Å². The molecule has 1 aromatic rings. The summed E-state index contributed by atoms with van der Waals surface area (Å²) in [6.45, 7) is 0. The maximum atomic E-state index is 11.5. The van der Waals surface area contributed by atoms with Crippen molar-refractivity contribution >= 4 is 27.3 Å². The third-order valence-electron chi connectivity index (χ3n) is 1.36. The first-order valence-corrected chi connectivity index (χ1v) is 6.16. The Balaban J connectivity index is 3.01. The van der Waals surface area contributed by atoms with Crippen LogP contribution in [0.15, 0.2) is 16.3 Å². The summed E-state index contributed by atoms with van der Waals surface area (Å²) in [5.41, 5.74) is 0. The Morgan fingerprint density at radius 2 is 2.07 bits per heavy atom. The zero-order valence-corrected chi connectivity index (χ0v) is 9.72. The first-order chi connectivity index (χ1) is 6.83. The molecule has 0 saturated heterocycles. The minimum Gasteiger partial charge on any atom is -0.477 e. The number of carboxylic acid groups (broad SMARTS) is 1. The molecule has 1 rings (SSSR count). The number of nitrogens with zero attached hydrogens (tertiary/aromatic N) is 1. The van der Waals surface area contributed by atoms with E-state index in [-0.39, 0.29) is 9.09 Å². The molecule has 0 amide bonds. The van der Waals surface area contributed by atoms with Gasteiger partial charge >= 0.3 is 5.97 Å². The Hall–Kier alpha value is -0.960. The van der Waals surface area contributed by atoms with Crippen LogP contribution >= 0.6 is 11.3 Å². The van der Waals surface area contributed by atoms with Gasteiger partial charge in [-0.15, -0.1) is 16.2 Å². The Kier molecular flexibility index (Phi) is 3.45. The van der Waals surface area contributed by atoms with Gasteiger partial charge < -0.3 is 5.11 Å². The number of thiophene rings is 1. The smallest absolute Gasteiger partial charge is 0.345 e. The van der Waals surface area contributed by atoms with E-state index in [0.29, 0.717) is 11.3 Å². The molecule has 1 aromatic heterocycles. The zero-order valence-electron chi connectivity index (χ0n) is 8.09. The summed E-state index contributed by atoms with van der Waals surface area (Å²) in [4.78, 5) is 12.8. The van der Waals surface area contributed by atoms with E-state index < -0.39 is 16.0 Å². The number of carboxylic acids is 1. The summed E-state index contributed by atoms with van der Waals surface area (Å²) in [6, 6.07) is 2.52. The maximum Gasteiger partial charge on any atom is 0.345 e. The van der Waals surface area contributed by atoms with E-state index in [4.69, 9.17) is 5.11 Å². The molecule has 0 unspecified atom stereocenters. The lowest BCUT2D eigenvalue weighted by Crippen LogP contribution is -2.35. The van der Waals surface area contributed by atoms with Gasteiger partial charge in [0.1, 0.15) is 9.09 Å². The van der Waals surface area contributed by atoms with Crippen LogP contribution in [0, 0.1) is 0 Å². The summed E-state index contributed by atoms with van der Waals surface area (Å²) in [5, 5.41) is 9.90. The molecule has 84 valence electrons. The van der Waals surface area contributed by atoms with Crippen LogP contribution in [0.4, 0.5) is 0 Å². The van der Waals surface area contributed by atoms with Gasteiger partial charge in [0.25, 0.3) is 10.0 Å². The van der Waals surface area contributed by atoms with Gasteiger partial charge in [-0.1, -0.05) is 0 Å². The SMILES string of the molecule is CN(C)NS(=O)(=O)c1ccc(C(=O)O)s1. The number of carbonyl (C=O) groups is 1. The molecule has 0 aliphatic rings. The quantitative estimate of drug-likeness (QED) is 0.745. The van der Waals surface area contributed by atoms with Gasteiger partial charge in [0.2, 0.25) is 0 Å². The number of hydrazine groups is 1. The summed E-state index contributed by atoms with van der Waals surface area (Å²) in [6.07, 6.45) is 0. The predicted octanol–water partition coefficient (Wildman–Crippen LogP) is 0.201. The van der Waals surface area contributed by atoms with Crippen LogP contribution in [0.1, 0.15) is 9.67 Å². The number of sulfonamides is 1. The summed E-state index contributed by atoms with van der Waals surface area (Å²) in [5.74, 6) is -1.13. The van der Waals surface area contributed by atoms with E-state index in [1.54, 1.807) is 0 Å². The van der Waals surface area contributed by atoms with Gasteiger partial charge in [-0.3, -0.25) is 0 Å². The van der Waals surface area contributed by atoms with Gasteiger partial charge in [-0.05, 0) is 12.1 Å². The van der Waals surface area contributed by atoms with E-state index in [1.807, 2.05) is 0 Å². The van der Waals surface area contributed by atoms with Crippen molar-refractivity contribution in [1.29, 1.82) is 0 Å². The molecule has 0 aliphatic carbocycles. The molecular weight excluding hydrogens is 240 g/mol. The largest absolute Gasteiger partial charge is 0.477 e. The summed E-state index contributed by atoms with van der Waals surface area (Å²) < 4.78 is 23.1. The highest BCUT2D eigenvalue weighted by molar-refractivity contribution is 7.91. The molecule has 1 heterocycles. The Morgan fingerprint density at radius 1 is 1.47 bits per heavy atom. The lowest BCUT2D eigenvalue weighted by Gasteiger charge is -2.10. The molecule has 0 saturated carbocycles. The van der Waals surface area contributed by atoms with E-state index in [2.05, 4.69) is 4.83 Å². The number of nitrogens with one attached hydrogen (secondary N) is 1. The third-order valence-corrected chi connectivity index (χ3v) is 4.41. The molecule has 15 heavy (non-hydrogen) atoms. The molecule has 2 N–H and O–H groups in total. The molecule has 0 bridgehead atoms. The number of hydrogen-bond donors (Lipinski definition) is 2. The molecule has 0 spiro atoms. The van der Waals surface area contributed by atoms with Gasteiger partial charge in [0, 0.05) is 14.1 Å². The van der Waals surface area contributed by atoms with Crippen molar-refractivity contribution in [3.05, 3.63) is 17.0 Å². The van der Waals surface area contributed by atoms with Crippen LogP contribution in [0.5, 0.6) is 0 Å². The van der Waals surface area contributed by atoms with Crippen molar-refractivity contribution in [2.24, 2.45) is 0 Å². The van der Waals surface area contributed by atoms with Crippen molar-refractivity contribution in [3.8, 4) is 0 Å². The highest BCUT2D eigenvalue weighted by atomic mass is 32.2. The fraction of sp³-hybridized carbons (Fsp3) is 0.286. The van der Waals surface area contributed by atoms with Crippen LogP contribution < -0.4 is 4.83 Å². The van der Waals surface area contributed by atoms with Crippen molar-refractivity contribution in [2.45, 2.75) is 4.21 Å². The second kappa shape index (κ2) is 4.27. The molecule has 0 atom stereocenters. The van der Waals surface area contributed by atoms with E-state index >= 15 is 0 Å². The third kappa shape index (κ3) is 2.99. The number of rotatable bonds is 4. The van der Waals surface area contributed by atoms with Gasteiger partial charge in [-0.25, -0.2) is 18.2 Å². The predicted molar refractivity (Wildman–Crippen MR) is 55.3 cm³/mol. The second-order valence-electron chi connectivity index (χ2n) is 2.91. The minimum absolute atomic E-state index is 0.00543. The van der Waals surface area contributed by atoms with Crippen LogP contribution in [-0.2, 0) is 10.0 Å². The molecular formula is C7H10N2O4S2. The lowest BCUT2D eigenvalue weighted by molar-refractivity contribution is 0.0702. The van der Waals surface area contributed by atoms with Gasteiger partial charge in [-0.2, -0.15) is 0 Å². The average molecular weight is 250 g/mol. The normalized spacial score (nSPS) is 11.9. The zero-order chi connectivity index (χ0) is 11.6. The van der Waals surface area contributed by atoms with Crippen molar-refractivity contribution in [2.75, 3.05) is 14.1 Å². The summed E-state index contributed by atoms with van der Waals surface area (Å²) in [7, 11) is -0.579. The highest BCUT2D eigenvalue weighted by Crippen LogP contribution is 2.21. The highest BCUT2D eigenvalue weighted by Gasteiger charge is 2.19. The Morgan fingerprint density at radius 3 is 2.47 bits per heavy atom. The Bertz CT molecular complexity index is 463. The molecule has 8 heteroatoms. The van der Waals surface area contributed by atoms with Crippen LogP contribution in [0.3, 0.4) is 0 Å². The molecule has 0 radical (unpaired) electrons. The first kappa shape index (κ1) is 12.1. The van der Waals surface area contributed by atoms with Gasteiger partial charge in [0.05, 0.1) is 0 Å². The van der Waals surface area contributed by atoms with Crippen LogP contribution in [0.25, 0.3) is 0 Å². The van der Waals surface area contributed by atoms with E-state index in [0.717, 1.165) is 0 Å². The summed E-state index contributed by atoms with van der Waals surface area (Å²) >= 11 is 0.713. The lowest BCUT2D eigenvalue weighted by atomic mass is 10.5. The van der Waals surface area contributed by atoms with Crippen LogP contribution in [-0.4, -0.2) is 38.6 Å². The molecule has 0 aromatic carbocycles. The average Bonchev–Trinajstić information content (AvgIpc) is 2.48. The van der Waals surface area contributed by atoms with Gasteiger partial charge in [0.15, 0.2) is 0 Å². The number of aromatic carboxylic acids is 1. The van der Waals surface area contributed by atoms with E-state index in [1.165, 1.54) is 31.2 Å². The molecule has 6 nitrogen and oxygen atoms in total. The Labute approximate surface area is 91.2 Å². The first-order valence-electron chi connectivity index (χ1n) is 3.86. The van der Waals surface area contributed by atoms with E-state index in [9.17, 15) is 13.2 Å². The second-order valence-corrected chi connectivity index (χ2v) is 5.88.